The van der Waals surface area contributed by atoms with Crippen LogP contribution in [0.5, 0.6) is 0 Å². The van der Waals surface area contributed by atoms with Crippen LogP contribution in [-0.4, -0.2) is 0 Å². The normalized spacial score (nSPS) is 12.6. The molecule has 1 aliphatic rings. The third kappa shape index (κ3) is 5.90. The lowest BCUT2D eigenvalue weighted by atomic mass is 9.79. The van der Waals surface area contributed by atoms with E-state index in [1.54, 1.807) is 0 Å². The van der Waals surface area contributed by atoms with Crippen LogP contribution in [0.3, 0.4) is 0 Å². The summed E-state index contributed by atoms with van der Waals surface area (Å²) in [6.45, 7) is 4.72. The molecule has 266 valence electrons. The predicted octanol–water partition coefficient (Wildman–Crippen LogP) is 15.3. The maximum absolute atomic E-state index is 2.36. The average molecular weight is 716 g/mol. The Balaban J connectivity index is 1.01. The molecule has 0 aliphatic heterocycles. The summed E-state index contributed by atoms with van der Waals surface area (Å²) in [6.07, 6.45) is 0. The molecule has 0 bridgehead atoms. The van der Waals surface area contributed by atoms with E-state index in [4.69, 9.17) is 0 Å². The van der Waals surface area contributed by atoms with E-state index in [-0.39, 0.29) is 5.41 Å². The Morgan fingerprint density at radius 3 is 1.45 bits per heavy atom. The van der Waals surface area contributed by atoms with Crippen LogP contribution >= 0.6 is 0 Å². The Morgan fingerprint density at radius 2 is 0.750 bits per heavy atom. The van der Waals surface area contributed by atoms with Gasteiger partial charge in [0.15, 0.2) is 0 Å². The molecule has 0 atom stereocenters. The maximum Gasteiger partial charge on any atom is 0.0462 e. The highest BCUT2D eigenvalue weighted by molar-refractivity contribution is 5.90. The lowest BCUT2D eigenvalue weighted by Gasteiger charge is -2.27. The van der Waals surface area contributed by atoms with E-state index in [2.05, 4.69) is 231 Å². The molecule has 0 N–H and O–H groups in total. The van der Waals surface area contributed by atoms with Crippen molar-refractivity contribution in [2.75, 3.05) is 4.90 Å². The van der Waals surface area contributed by atoms with E-state index in [1.807, 2.05) is 0 Å². The SMILES string of the molecule is CC1(C)c2ccccc2-c2cccc(-c3ccc(N(c4ccc(-c5ccccc5)cc4)c4ccc(-c5cccc(-c6ccc7ccccc7c6)c5)cc4)cc3)c21. The van der Waals surface area contributed by atoms with Crippen molar-refractivity contribution >= 4 is 27.8 Å². The minimum absolute atomic E-state index is 0.0789. The molecule has 0 saturated heterocycles. The Bertz CT molecular complexity index is 2850. The van der Waals surface area contributed by atoms with Gasteiger partial charge in [-0.1, -0.05) is 178 Å². The van der Waals surface area contributed by atoms with Crippen LogP contribution in [-0.2, 0) is 5.41 Å². The first kappa shape index (κ1) is 33.6. The first-order valence-corrected chi connectivity index (χ1v) is 19.5. The van der Waals surface area contributed by atoms with Crippen molar-refractivity contribution in [3.63, 3.8) is 0 Å². The predicted molar refractivity (Wildman–Crippen MR) is 238 cm³/mol. The summed E-state index contributed by atoms with van der Waals surface area (Å²) in [4.78, 5) is 2.36. The number of fused-ring (bicyclic) bond motifs is 4. The zero-order valence-electron chi connectivity index (χ0n) is 31.7. The molecule has 0 radical (unpaired) electrons. The fourth-order valence-electron chi connectivity index (χ4n) is 8.81. The summed E-state index contributed by atoms with van der Waals surface area (Å²) >= 11 is 0. The summed E-state index contributed by atoms with van der Waals surface area (Å²) in [6, 6.07) is 77.5. The first-order chi connectivity index (χ1) is 27.5. The zero-order chi connectivity index (χ0) is 37.6. The summed E-state index contributed by atoms with van der Waals surface area (Å²) in [5.41, 5.74) is 18.5. The molecule has 0 aromatic heterocycles. The van der Waals surface area contributed by atoms with Gasteiger partial charge in [-0.2, -0.15) is 0 Å². The summed E-state index contributed by atoms with van der Waals surface area (Å²) in [7, 11) is 0. The molecule has 9 aromatic carbocycles. The molecule has 1 nitrogen and oxygen atoms in total. The van der Waals surface area contributed by atoms with E-state index in [0.717, 1.165) is 17.1 Å². The van der Waals surface area contributed by atoms with Crippen LogP contribution in [0.25, 0.3) is 66.4 Å². The third-order valence-corrected chi connectivity index (χ3v) is 11.7. The summed E-state index contributed by atoms with van der Waals surface area (Å²) in [5, 5.41) is 2.52. The van der Waals surface area contributed by atoms with Crippen molar-refractivity contribution in [3.8, 4) is 55.6 Å². The van der Waals surface area contributed by atoms with Gasteiger partial charge in [0.2, 0.25) is 0 Å². The molecule has 0 spiro atoms. The van der Waals surface area contributed by atoms with Gasteiger partial charge in [0.25, 0.3) is 0 Å². The van der Waals surface area contributed by atoms with Crippen LogP contribution in [0.1, 0.15) is 25.0 Å². The second-order valence-corrected chi connectivity index (χ2v) is 15.4. The van der Waals surface area contributed by atoms with Crippen molar-refractivity contribution in [2.45, 2.75) is 19.3 Å². The molecule has 1 aliphatic carbocycles. The smallest absolute Gasteiger partial charge is 0.0462 e. The van der Waals surface area contributed by atoms with E-state index >= 15 is 0 Å². The molecule has 0 fully saturated rings. The molecular weight excluding hydrogens is 675 g/mol. The lowest BCUT2D eigenvalue weighted by molar-refractivity contribution is 0.662. The Kier molecular flexibility index (Phi) is 8.23. The second kappa shape index (κ2) is 13.7. The largest absolute Gasteiger partial charge is 0.311 e. The van der Waals surface area contributed by atoms with E-state index < -0.39 is 0 Å². The quantitative estimate of drug-likeness (QED) is 0.159. The standard InChI is InChI=1S/C55H41N/c1-55(2)53-21-9-8-18-51(53)52-20-11-19-50(54(52)55)42-28-34-49(35-29-42)56(47-30-24-40(25-31-47)38-12-4-3-5-13-38)48-32-26-41(27-33-48)44-16-10-17-45(36-44)46-23-22-39-14-6-7-15-43(39)37-46/h3-37H,1-2H3. The molecule has 0 heterocycles. The van der Waals surface area contributed by atoms with Gasteiger partial charge < -0.3 is 4.90 Å². The molecule has 0 saturated carbocycles. The Labute approximate surface area is 329 Å². The molecule has 10 rings (SSSR count). The van der Waals surface area contributed by atoms with Crippen molar-refractivity contribution in [2.24, 2.45) is 0 Å². The fourth-order valence-corrected chi connectivity index (χ4v) is 8.81. The maximum atomic E-state index is 2.36. The summed E-state index contributed by atoms with van der Waals surface area (Å²) < 4.78 is 0. The highest BCUT2D eigenvalue weighted by Gasteiger charge is 2.37. The molecule has 56 heavy (non-hydrogen) atoms. The number of benzene rings is 9. The van der Waals surface area contributed by atoms with Gasteiger partial charge in [0, 0.05) is 22.5 Å². The van der Waals surface area contributed by atoms with Crippen molar-refractivity contribution < 1.29 is 0 Å². The topological polar surface area (TPSA) is 3.24 Å². The van der Waals surface area contributed by atoms with Gasteiger partial charge in [-0.3, -0.25) is 0 Å². The Hall–Kier alpha value is -6.96. The third-order valence-electron chi connectivity index (χ3n) is 11.7. The van der Waals surface area contributed by atoms with Crippen LogP contribution in [0.2, 0.25) is 0 Å². The van der Waals surface area contributed by atoms with Crippen molar-refractivity contribution in [3.05, 3.63) is 223 Å². The van der Waals surface area contributed by atoms with Gasteiger partial charge in [0.1, 0.15) is 0 Å². The lowest BCUT2D eigenvalue weighted by Crippen LogP contribution is -2.16. The van der Waals surface area contributed by atoms with Gasteiger partial charge in [0.05, 0.1) is 0 Å². The summed E-state index contributed by atoms with van der Waals surface area (Å²) in [5.74, 6) is 0. The molecule has 0 amide bonds. The van der Waals surface area contributed by atoms with Crippen LogP contribution < -0.4 is 4.90 Å². The van der Waals surface area contributed by atoms with Crippen LogP contribution in [0.4, 0.5) is 17.1 Å². The van der Waals surface area contributed by atoms with Gasteiger partial charge >= 0.3 is 0 Å². The van der Waals surface area contributed by atoms with E-state index in [1.165, 1.54) is 77.5 Å². The number of nitrogens with zero attached hydrogens (tertiary/aromatic N) is 1. The van der Waals surface area contributed by atoms with Crippen molar-refractivity contribution in [1.29, 1.82) is 0 Å². The van der Waals surface area contributed by atoms with E-state index in [0.29, 0.717) is 0 Å². The Morgan fingerprint density at radius 1 is 0.304 bits per heavy atom. The highest BCUT2D eigenvalue weighted by Crippen LogP contribution is 2.52. The second-order valence-electron chi connectivity index (χ2n) is 15.4. The monoisotopic (exact) mass is 715 g/mol. The zero-order valence-corrected chi connectivity index (χ0v) is 31.7. The number of hydrogen-bond acceptors (Lipinski definition) is 1. The number of hydrogen-bond donors (Lipinski definition) is 0. The minimum atomic E-state index is -0.0789. The number of rotatable bonds is 7. The fraction of sp³-hybridized carbons (Fsp3) is 0.0545. The van der Waals surface area contributed by atoms with Crippen LogP contribution in [0.15, 0.2) is 212 Å². The molecule has 1 heteroatoms. The van der Waals surface area contributed by atoms with Gasteiger partial charge in [-0.25, -0.2) is 0 Å². The van der Waals surface area contributed by atoms with E-state index in [9.17, 15) is 0 Å². The highest BCUT2D eigenvalue weighted by atomic mass is 15.1. The van der Waals surface area contributed by atoms with Gasteiger partial charge in [-0.15, -0.1) is 0 Å². The first-order valence-electron chi connectivity index (χ1n) is 19.5. The molecule has 0 unspecified atom stereocenters. The van der Waals surface area contributed by atoms with Crippen molar-refractivity contribution in [1.82, 2.24) is 0 Å². The van der Waals surface area contributed by atoms with Crippen LogP contribution in [0, 0.1) is 0 Å². The average Bonchev–Trinajstić information content (AvgIpc) is 3.51. The molecule has 9 aromatic rings. The van der Waals surface area contributed by atoms with Gasteiger partial charge in [-0.05, 0) is 126 Å². The number of anilines is 3. The minimum Gasteiger partial charge on any atom is -0.311 e. The molecular formula is C55H41N.